The minimum Gasteiger partial charge on any atom is -0.457 e. The van der Waals surface area contributed by atoms with Gasteiger partial charge in [0.15, 0.2) is 10.7 Å². The van der Waals surface area contributed by atoms with E-state index < -0.39 is 22.5 Å². The molecule has 0 saturated carbocycles. The van der Waals surface area contributed by atoms with Crippen molar-refractivity contribution in [2.45, 2.75) is 4.90 Å². The Labute approximate surface area is 133 Å². The van der Waals surface area contributed by atoms with E-state index in [-0.39, 0.29) is 4.90 Å². The Morgan fingerprint density at radius 3 is 2.09 bits per heavy atom. The third kappa shape index (κ3) is 3.14. The molecule has 1 aliphatic heterocycles. The molecule has 0 fully saturated rings. The molecular weight excluding hydrogens is 318 g/mol. The van der Waals surface area contributed by atoms with Crippen molar-refractivity contribution in [3.63, 3.8) is 0 Å². The quantitative estimate of drug-likeness (QED) is 0.684. The van der Waals surface area contributed by atoms with E-state index >= 15 is 0 Å². The van der Waals surface area contributed by atoms with Crippen molar-refractivity contribution < 1.29 is 22.7 Å². The van der Waals surface area contributed by atoms with Gasteiger partial charge in [-0.25, -0.2) is 13.3 Å². The Hall–Kier alpha value is -2.93. The first-order valence-electron chi connectivity index (χ1n) is 6.63. The smallest absolute Gasteiger partial charge is 0.258 e. The third-order valence-corrected chi connectivity index (χ3v) is 3.89. The highest BCUT2D eigenvalue weighted by atomic mass is 32.2. The Balaban J connectivity index is 1.83. The van der Waals surface area contributed by atoms with E-state index in [9.17, 15) is 18.0 Å². The lowest BCUT2D eigenvalue weighted by Crippen LogP contribution is -2.29. The van der Waals surface area contributed by atoms with Gasteiger partial charge in [0.05, 0.1) is 10.6 Å². The molecule has 3 rings (SSSR count). The Morgan fingerprint density at radius 1 is 0.826 bits per heavy atom. The van der Waals surface area contributed by atoms with Gasteiger partial charge in [0.1, 0.15) is 11.5 Å². The maximum absolute atomic E-state index is 11.7. The van der Waals surface area contributed by atoms with Crippen LogP contribution in [0.25, 0.3) is 0 Å². The van der Waals surface area contributed by atoms with Crippen molar-refractivity contribution in [1.29, 1.82) is 0 Å². The first-order valence-corrected chi connectivity index (χ1v) is 7.81. The summed E-state index contributed by atoms with van der Waals surface area (Å²) in [5.41, 5.74) is 0.404. The second-order valence-electron chi connectivity index (χ2n) is 4.70. The maximum Gasteiger partial charge on any atom is 0.258 e. The molecule has 0 radical (unpaired) electrons. The van der Waals surface area contributed by atoms with Crippen LogP contribution in [-0.4, -0.2) is 20.2 Å². The number of rotatable bonds is 4. The summed E-state index contributed by atoms with van der Waals surface area (Å²) in [7, 11) is -2.63. The monoisotopic (exact) mass is 329 g/mol. The van der Waals surface area contributed by atoms with Crippen molar-refractivity contribution in [3.05, 3.63) is 60.7 Å². The van der Waals surface area contributed by atoms with Crippen molar-refractivity contribution in [1.82, 2.24) is 0 Å². The molecule has 7 heteroatoms. The lowest BCUT2D eigenvalue weighted by Gasteiger charge is -2.15. The molecule has 116 valence electrons. The molecule has 0 atom stereocenters. The lowest BCUT2D eigenvalue weighted by atomic mass is 10.2. The van der Waals surface area contributed by atoms with E-state index in [4.69, 9.17) is 4.74 Å². The first kappa shape index (κ1) is 15.0. The number of hydrogen-bond acceptors (Lipinski definition) is 5. The molecule has 2 amide bonds. The van der Waals surface area contributed by atoms with Crippen molar-refractivity contribution in [2.75, 3.05) is 4.90 Å². The van der Waals surface area contributed by atoms with E-state index in [1.807, 2.05) is 0 Å². The van der Waals surface area contributed by atoms with Crippen molar-refractivity contribution >= 4 is 28.2 Å². The van der Waals surface area contributed by atoms with Gasteiger partial charge in [-0.2, -0.15) is 0 Å². The summed E-state index contributed by atoms with van der Waals surface area (Å²) in [6, 6.07) is 12.4. The van der Waals surface area contributed by atoms with E-state index in [1.54, 1.807) is 24.3 Å². The summed E-state index contributed by atoms with van der Waals surface area (Å²) in [6.45, 7) is 0. The van der Waals surface area contributed by atoms with Crippen LogP contribution in [-0.2, 0) is 20.3 Å². The lowest BCUT2D eigenvalue weighted by molar-refractivity contribution is -0.119. The van der Waals surface area contributed by atoms with Crippen molar-refractivity contribution in [2.24, 2.45) is 0 Å². The second kappa shape index (κ2) is 6.05. The van der Waals surface area contributed by atoms with Crippen LogP contribution in [0.15, 0.2) is 65.6 Å². The molecule has 1 heterocycles. The van der Waals surface area contributed by atoms with E-state index in [0.29, 0.717) is 17.2 Å². The van der Waals surface area contributed by atoms with Crippen LogP contribution in [0, 0.1) is 0 Å². The van der Waals surface area contributed by atoms with Crippen LogP contribution in [0.1, 0.15) is 0 Å². The number of carbonyl (C=O) groups is 2. The highest BCUT2D eigenvalue weighted by molar-refractivity contribution is 7.72. The molecule has 0 saturated heterocycles. The number of benzene rings is 2. The second-order valence-corrected chi connectivity index (χ2v) is 5.73. The van der Waals surface area contributed by atoms with Crippen LogP contribution in [0.3, 0.4) is 0 Å². The normalized spacial score (nSPS) is 13.9. The molecule has 0 N–H and O–H groups in total. The number of ether oxygens (including phenoxy) is 1. The number of anilines is 1. The molecule has 2 aromatic rings. The van der Waals surface area contributed by atoms with E-state index in [1.165, 1.54) is 36.4 Å². The van der Waals surface area contributed by atoms with Crippen LogP contribution in [0.4, 0.5) is 5.69 Å². The zero-order valence-electron chi connectivity index (χ0n) is 11.7. The predicted molar refractivity (Wildman–Crippen MR) is 83.2 cm³/mol. The van der Waals surface area contributed by atoms with E-state index in [2.05, 4.69) is 0 Å². The van der Waals surface area contributed by atoms with Gasteiger partial charge >= 0.3 is 0 Å². The summed E-state index contributed by atoms with van der Waals surface area (Å²) in [5.74, 6) is 0.0562. The molecular formula is C16H11NO5S. The number of hydrogen-bond donors (Lipinski definition) is 1. The van der Waals surface area contributed by atoms with Crippen LogP contribution >= 0.6 is 0 Å². The zero-order valence-corrected chi connectivity index (χ0v) is 12.6. The number of amides is 2. The number of imide groups is 1. The number of thiol groups is 1. The number of carbonyl (C=O) groups excluding carboxylic acids is 2. The Bertz CT molecular complexity index is 858. The molecule has 0 aliphatic carbocycles. The minimum atomic E-state index is -2.63. The molecule has 0 bridgehead atoms. The predicted octanol–water partition coefficient (Wildman–Crippen LogP) is 1.88. The van der Waals surface area contributed by atoms with Crippen molar-refractivity contribution in [3.8, 4) is 11.5 Å². The largest absolute Gasteiger partial charge is 0.457 e. The van der Waals surface area contributed by atoms with Crippen LogP contribution < -0.4 is 9.64 Å². The van der Waals surface area contributed by atoms with Gasteiger partial charge < -0.3 is 4.74 Å². The van der Waals surface area contributed by atoms with Gasteiger partial charge in [0, 0.05) is 18.2 Å². The highest BCUT2D eigenvalue weighted by Crippen LogP contribution is 2.27. The minimum absolute atomic E-state index is 0.195. The van der Waals surface area contributed by atoms with Gasteiger partial charge in [0.25, 0.3) is 11.8 Å². The highest BCUT2D eigenvalue weighted by Gasteiger charge is 2.25. The van der Waals surface area contributed by atoms with Gasteiger partial charge in [-0.05, 0) is 36.4 Å². The fraction of sp³-hybridized carbons (Fsp3) is 0. The summed E-state index contributed by atoms with van der Waals surface area (Å²) in [6.07, 6.45) is 2.41. The molecule has 0 spiro atoms. The summed E-state index contributed by atoms with van der Waals surface area (Å²) < 4.78 is 27.3. The molecule has 1 aliphatic rings. The maximum atomic E-state index is 11.7. The topological polar surface area (TPSA) is 80.8 Å². The molecule has 2 aromatic carbocycles. The summed E-state index contributed by atoms with van der Waals surface area (Å²) >= 11 is 0. The number of nitrogens with zero attached hydrogens (tertiary/aromatic N) is 1. The zero-order chi connectivity index (χ0) is 16.4. The van der Waals surface area contributed by atoms with Crippen LogP contribution in [0.5, 0.6) is 11.5 Å². The Morgan fingerprint density at radius 2 is 1.48 bits per heavy atom. The summed E-state index contributed by atoms with van der Waals surface area (Å²) in [5, 5.41) is 0. The Kier molecular flexibility index (Phi) is 3.94. The molecule has 6 nitrogen and oxygen atoms in total. The third-order valence-electron chi connectivity index (χ3n) is 3.17. The standard InChI is InChI=1S/C16H11NO5S/c18-15-8-9-16(19)17(15)11-2-1-3-13(10-11)22-12-4-6-14(7-5-12)23(20)21/h1-10,23H. The van der Waals surface area contributed by atoms with Crippen LogP contribution in [0.2, 0.25) is 0 Å². The average Bonchev–Trinajstić information content (AvgIpc) is 2.87. The molecule has 23 heavy (non-hydrogen) atoms. The fourth-order valence-electron chi connectivity index (χ4n) is 2.11. The fourth-order valence-corrected chi connectivity index (χ4v) is 2.51. The molecule has 0 aromatic heterocycles. The van der Waals surface area contributed by atoms with Gasteiger partial charge in [0.2, 0.25) is 0 Å². The summed E-state index contributed by atoms with van der Waals surface area (Å²) in [4.78, 5) is 24.6. The van der Waals surface area contributed by atoms with Gasteiger partial charge in [-0.3, -0.25) is 9.59 Å². The SMILES string of the molecule is O=C1C=CC(=O)N1c1cccc(Oc2ccc([SH](=O)=O)cc2)c1. The molecule has 0 unspecified atom stereocenters. The van der Waals surface area contributed by atoms with Gasteiger partial charge in [-0.1, -0.05) is 6.07 Å². The van der Waals surface area contributed by atoms with Gasteiger partial charge in [-0.15, -0.1) is 0 Å². The average molecular weight is 329 g/mol. The van der Waals surface area contributed by atoms with E-state index in [0.717, 1.165) is 4.90 Å². The first-order chi connectivity index (χ1) is 11.0.